The van der Waals surface area contributed by atoms with Crippen molar-refractivity contribution >= 4 is 27.9 Å². The first kappa shape index (κ1) is 17.1. The van der Waals surface area contributed by atoms with Gasteiger partial charge in [0.15, 0.2) is 0 Å². The predicted molar refractivity (Wildman–Crippen MR) is 94.6 cm³/mol. The molecule has 0 radical (unpaired) electrons. The van der Waals surface area contributed by atoms with E-state index in [4.69, 9.17) is 9.47 Å². The first-order valence-electron chi connectivity index (χ1n) is 7.05. The van der Waals surface area contributed by atoms with E-state index in [9.17, 15) is 4.79 Å². The number of halogens is 1. The topological polar surface area (TPSA) is 47.6 Å². The number of ether oxygens (including phenoxy) is 2. The van der Waals surface area contributed by atoms with Crippen molar-refractivity contribution in [2.75, 3.05) is 14.2 Å². The highest BCUT2D eigenvalue weighted by Crippen LogP contribution is 2.24. The molecule has 0 spiro atoms. The summed E-state index contributed by atoms with van der Waals surface area (Å²) in [4.78, 5) is 11.9. The second-order valence-corrected chi connectivity index (χ2v) is 5.70. The van der Waals surface area contributed by atoms with Crippen LogP contribution in [0.2, 0.25) is 0 Å². The minimum absolute atomic E-state index is 0.164. The summed E-state index contributed by atoms with van der Waals surface area (Å²) in [6.45, 7) is 0.461. The second-order valence-electron chi connectivity index (χ2n) is 4.79. The smallest absolute Gasteiger partial charge is 0.244 e. The molecule has 2 aromatic rings. The number of carbonyl (C=O) groups is 1. The van der Waals surface area contributed by atoms with Crippen LogP contribution in [0.1, 0.15) is 11.1 Å². The molecular weight excluding hydrogens is 358 g/mol. The molecule has 0 unspecified atom stereocenters. The molecule has 4 nitrogen and oxygen atoms in total. The van der Waals surface area contributed by atoms with Gasteiger partial charge in [-0.05, 0) is 42.0 Å². The molecule has 2 aromatic carbocycles. The zero-order chi connectivity index (χ0) is 16.7. The molecule has 1 amide bonds. The van der Waals surface area contributed by atoms with Crippen LogP contribution in [0.15, 0.2) is 53.0 Å². The lowest BCUT2D eigenvalue weighted by atomic mass is 10.2. The lowest BCUT2D eigenvalue weighted by Crippen LogP contribution is -2.20. The lowest BCUT2D eigenvalue weighted by molar-refractivity contribution is -0.116. The Morgan fingerprint density at radius 2 is 1.87 bits per heavy atom. The van der Waals surface area contributed by atoms with Gasteiger partial charge in [-0.1, -0.05) is 28.1 Å². The van der Waals surface area contributed by atoms with Gasteiger partial charge >= 0.3 is 0 Å². The first-order chi connectivity index (χ1) is 11.1. The second kappa shape index (κ2) is 8.39. The average Bonchev–Trinajstić information content (AvgIpc) is 2.58. The van der Waals surface area contributed by atoms with Gasteiger partial charge in [0.05, 0.1) is 14.2 Å². The highest BCUT2D eigenvalue weighted by atomic mass is 79.9. The summed E-state index contributed by atoms with van der Waals surface area (Å²) in [6.07, 6.45) is 3.22. The average molecular weight is 376 g/mol. The van der Waals surface area contributed by atoms with Crippen molar-refractivity contribution < 1.29 is 14.3 Å². The van der Waals surface area contributed by atoms with Crippen LogP contribution in [0.5, 0.6) is 11.5 Å². The van der Waals surface area contributed by atoms with E-state index in [0.29, 0.717) is 12.3 Å². The van der Waals surface area contributed by atoms with Gasteiger partial charge in [0.1, 0.15) is 11.5 Å². The Bertz CT molecular complexity index is 696. The summed E-state index contributed by atoms with van der Waals surface area (Å²) in [6, 6.07) is 13.2. The number of hydrogen-bond donors (Lipinski definition) is 1. The number of rotatable bonds is 6. The van der Waals surface area contributed by atoms with Crippen molar-refractivity contribution in [1.82, 2.24) is 5.32 Å². The minimum atomic E-state index is -0.164. The van der Waals surface area contributed by atoms with E-state index in [1.807, 2.05) is 42.5 Å². The maximum Gasteiger partial charge on any atom is 0.244 e. The first-order valence-corrected chi connectivity index (χ1v) is 7.84. The van der Waals surface area contributed by atoms with Crippen molar-refractivity contribution in [3.8, 4) is 11.5 Å². The van der Waals surface area contributed by atoms with E-state index in [0.717, 1.165) is 21.3 Å². The predicted octanol–water partition coefficient (Wildman–Crippen LogP) is 3.80. The van der Waals surface area contributed by atoms with E-state index < -0.39 is 0 Å². The molecule has 2 rings (SSSR count). The standard InChI is InChI=1S/C18H18BrNO3/c1-22-16-7-3-13(4-8-16)12-20-18(21)10-5-14-11-15(19)6-9-17(14)23-2/h3-11H,12H2,1-2H3,(H,20,21)/b10-5+. The van der Waals surface area contributed by atoms with Gasteiger partial charge in [0.2, 0.25) is 5.91 Å². The number of benzene rings is 2. The number of amides is 1. The van der Waals surface area contributed by atoms with Crippen LogP contribution in [-0.2, 0) is 11.3 Å². The molecule has 0 saturated heterocycles. The molecule has 1 N–H and O–H groups in total. The molecule has 0 aliphatic heterocycles. The zero-order valence-corrected chi connectivity index (χ0v) is 14.6. The molecular formula is C18H18BrNO3. The fourth-order valence-corrected chi connectivity index (χ4v) is 2.37. The van der Waals surface area contributed by atoms with E-state index in [1.54, 1.807) is 20.3 Å². The van der Waals surface area contributed by atoms with Crippen molar-refractivity contribution in [2.45, 2.75) is 6.54 Å². The van der Waals surface area contributed by atoms with Gasteiger partial charge in [-0.3, -0.25) is 4.79 Å². The lowest BCUT2D eigenvalue weighted by Gasteiger charge is -2.06. The summed E-state index contributed by atoms with van der Waals surface area (Å²) in [5.74, 6) is 1.34. The minimum Gasteiger partial charge on any atom is -0.497 e. The van der Waals surface area contributed by atoms with Crippen LogP contribution in [0.25, 0.3) is 6.08 Å². The third-order valence-corrected chi connectivity index (χ3v) is 3.73. The van der Waals surface area contributed by atoms with E-state index >= 15 is 0 Å². The fourth-order valence-electron chi connectivity index (χ4n) is 1.99. The number of hydrogen-bond acceptors (Lipinski definition) is 3. The van der Waals surface area contributed by atoms with Crippen LogP contribution >= 0.6 is 15.9 Å². The van der Waals surface area contributed by atoms with Crippen molar-refractivity contribution in [1.29, 1.82) is 0 Å². The van der Waals surface area contributed by atoms with Crippen LogP contribution in [0.3, 0.4) is 0 Å². The molecule has 120 valence electrons. The molecule has 5 heteroatoms. The van der Waals surface area contributed by atoms with Gasteiger partial charge in [-0.15, -0.1) is 0 Å². The third-order valence-electron chi connectivity index (χ3n) is 3.23. The highest BCUT2D eigenvalue weighted by Gasteiger charge is 2.02. The summed E-state index contributed by atoms with van der Waals surface area (Å²) >= 11 is 3.41. The number of methoxy groups -OCH3 is 2. The number of nitrogens with one attached hydrogen (secondary N) is 1. The van der Waals surface area contributed by atoms with Gasteiger partial charge in [-0.2, -0.15) is 0 Å². The summed E-state index contributed by atoms with van der Waals surface area (Å²) < 4.78 is 11.3. The van der Waals surface area contributed by atoms with Gasteiger partial charge in [0, 0.05) is 22.7 Å². The monoisotopic (exact) mass is 375 g/mol. The van der Waals surface area contributed by atoms with Gasteiger partial charge in [-0.25, -0.2) is 0 Å². The normalized spacial score (nSPS) is 10.6. The molecule has 0 atom stereocenters. The Balaban J connectivity index is 1.95. The zero-order valence-electron chi connectivity index (χ0n) is 13.0. The van der Waals surface area contributed by atoms with E-state index in [2.05, 4.69) is 21.2 Å². The SMILES string of the molecule is COc1ccc(CNC(=O)/C=C/c2cc(Br)ccc2OC)cc1. The maximum absolute atomic E-state index is 11.9. The van der Waals surface area contributed by atoms with E-state index in [-0.39, 0.29) is 5.91 Å². The molecule has 0 saturated carbocycles. The molecule has 0 bridgehead atoms. The highest BCUT2D eigenvalue weighted by molar-refractivity contribution is 9.10. The fraction of sp³-hybridized carbons (Fsp3) is 0.167. The molecule has 0 aliphatic carbocycles. The van der Waals surface area contributed by atoms with Crippen LogP contribution in [-0.4, -0.2) is 20.1 Å². The van der Waals surface area contributed by atoms with Gasteiger partial charge < -0.3 is 14.8 Å². The Hall–Kier alpha value is -2.27. The summed E-state index contributed by atoms with van der Waals surface area (Å²) in [5, 5.41) is 2.84. The Morgan fingerprint density at radius 1 is 1.13 bits per heavy atom. The summed E-state index contributed by atoms with van der Waals surface area (Å²) in [5.41, 5.74) is 1.84. The Labute approximate surface area is 144 Å². The molecule has 0 aliphatic rings. The molecule has 0 fully saturated rings. The van der Waals surface area contributed by atoms with Crippen LogP contribution in [0.4, 0.5) is 0 Å². The maximum atomic E-state index is 11.9. The molecule has 23 heavy (non-hydrogen) atoms. The van der Waals surface area contributed by atoms with Crippen molar-refractivity contribution in [2.24, 2.45) is 0 Å². The third kappa shape index (κ3) is 5.14. The van der Waals surface area contributed by atoms with Gasteiger partial charge in [0.25, 0.3) is 0 Å². The van der Waals surface area contributed by atoms with E-state index in [1.165, 1.54) is 6.08 Å². The number of carbonyl (C=O) groups excluding carboxylic acids is 1. The molecule has 0 aromatic heterocycles. The summed E-state index contributed by atoms with van der Waals surface area (Å²) in [7, 11) is 3.22. The van der Waals surface area contributed by atoms with Crippen LogP contribution in [0, 0.1) is 0 Å². The Morgan fingerprint density at radius 3 is 2.52 bits per heavy atom. The Kier molecular flexibility index (Phi) is 6.23. The largest absolute Gasteiger partial charge is 0.497 e. The van der Waals surface area contributed by atoms with Crippen molar-refractivity contribution in [3.05, 3.63) is 64.1 Å². The van der Waals surface area contributed by atoms with Crippen molar-refractivity contribution in [3.63, 3.8) is 0 Å². The molecule has 0 heterocycles. The quantitative estimate of drug-likeness (QED) is 0.781. The van der Waals surface area contributed by atoms with Crippen LogP contribution < -0.4 is 14.8 Å².